The standard InChI is InChI=1S/C24H27NO3/c1-15-10-16(2)13-25(12-15)14-20-21(26)9-8-19-23(27)22(28-24(19)20)11-18-7-5-4-6-17(18)3/h4-9,11,15-16,26H,10,12-14H2,1-3H3/b22-11+. The number of piperidine rings is 1. The van der Waals surface area contributed by atoms with E-state index < -0.39 is 0 Å². The number of phenols is 1. The second kappa shape index (κ2) is 7.44. The van der Waals surface area contributed by atoms with Crippen molar-refractivity contribution in [2.45, 2.75) is 33.7 Å². The molecule has 4 heteroatoms. The van der Waals surface area contributed by atoms with Crippen LogP contribution in [-0.2, 0) is 6.54 Å². The van der Waals surface area contributed by atoms with E-state index in [2.05, 4.69) is 18.7 Å². The number of benzene rings is 2. The maximum atomic E-state index is 12.9. The van der Waals surface area contributed by atoms with E-state index in [0.717, 1.165) is 24.2 Å². The number of hydrogen-bond donors (Lipinski definition) is 1. The van der Waals surface area contributed by atoms with Gasteiger partial charge >= 0.3 is 0 Å². The minimum absolute atomic E-state index is 0.125. The molecule has 0 aromatic heterocycles. The molecule has 2 aliphatic heterocycles. The third-order valence-corrected chi connectivity index (χ3v) is 5.72. The number of fused-ring (bicyclic) bond motifs is 1. The van der Waals surface area contributed by atoms with Crippen LogP contribution in [0.1, 0.15) is 47.3 Å². The number of aromatic hydroxyl groups is 1. The van der Waals surface area contributed by atoms with E-state index in [1.807, 2.05) is 31.2 Å². The van der Waals surface area contributed by atoms with Gasteiger partial charge in [0.05, 0.1) is 11.1 Å². The van der Waals surface area contributed by atoms with Gasteiger partial charge in [-0.05, 0) is 54.5 Å². The Balaban J connectivity index is 1.65. The predicted molar refractivity (Wildman–Crippen MR) is 110 cm³/mol. The quantitative estimate of drug-likeness (QED) is 0.781. The number of nitrogens with zero attached hydrogens (tertiary/aromatic N) is 1. The summed E-state index contributed by atoms with van der Waals surface area (Å²) in [5.41, 5.74) is 3.29. The molecule has 2 heterocycles. The van der Waals surface area contributed by atoms with Gasteiger partial charge in [0.15, 0.2) is 5.76 Å². The third-order valence-electron chi connectivity index (χ3n) is 5.72. The summed E-state index contributed by atoms with van der Waals surface area (Å²) >= 11 is 0. The molecule has 2 aromatic rings. The lowest BCUT2D eigenvalue weighted by molar-refractivity contribution is 0.101. The van der Waals surface area contributed by atoms with Crippen molar-refractivity contribution in [2.75, 3.05) is 13.1 Å². The second-order valence-electron chi connectivity index (χ2n) is 8.38. The van der Waals surface area contributed by atoms with Gasteiger partial charge in [-0.25, -0.2) is 0 Å². The average molecular weight is 377 g/mol. The molecule has 1 saturated heterocycles. The van der Waals surface area contributed by atoms with Crippen molar-refractivity contribution in [1.29, 1.82) is 0 Å². The SMILES string of the molecule is Cc1ccccc1/C=C1/Oc2c(ccc(O)c2CN2CC(C)CC(C)C2)C1=O. The van der Waals surface area contributed by atoms with Crippen molar-refractivity contribution in [3.05, 3.63) is 64.4 Å². The zero-order chi connectivity index (χ0) is 19.8. The van der Waals surface area contributed by atoms with Gasteiger partial charge in [-0.1, -0.05) is 38.1 Å². The van der Waals surface area contributed by atoms with E-state index >= 15 is 0 Å². The van der Waals surface area contributed by atoms with Crippen LogP contribution in [0, 0.1) is 18.8 Å². The number of allylic oxidation sites excluding steroid dienone is 1. The summed E-state index contributed by atoms with van der Waals surface area (Å²) in [5.74, 6) is 2.14. The van der Waals surface area contributed by atoms with Crippen LogP contribution in [0.5, 0.6) is 11.5 Å². The lowest BCUT2D eigenvalue weighted by Gasteiger charge is -2.35. The molecule has 2 aliphatic rings. The van der Waals surface area contributed by atoms with Crippen LogP contribution in [-0.4, -0.2) is 28.9 Å². The lowest BCUT2D eigenvalue weighted by Crippen LogP contribution is -2.38. The number of carbonyl (C=O) groups is 1. The van der Waals surface area contributed by atoms with Crippen LogP contribution < -0.4 is 4.74 Å². The van der Waals surface area contributed by atoms with Crippen LogP contribution in [0.4, 0.5) is 0 Å². The maximum absolute atomic E-state index is 12.9. The molecule has 2 atom stereocenters. The second-order valence-corrected chi connectivity index (χ2v) is 8.38. The summed E-state index contributed by atoms with van der Waals surface area (Å²) in [7, 11) is 0. The van der Waals surface area contributed by atoms with Crippen LogP contribution in [0.2, 0.25) is 0 Å². The van der Waals surface area contributed by atoms with Crippen molar-refractivity contribution in [3.63, 3.8) is 0 Å². The van der Waals surface area contributed by atoms with Gasteiger partial charge in [-0.2, -0.15) is 0 Å². The van der Waals surface area contributed by atoms with Crippen molar-refractivity contribution in [2.24, 2.45) is 11.8 Å². The summed E-state index contributed by atoms with van der Waals surface area (Å²) < 4.78 is 6.01. The molecule has 1 N–H and O–H groups in total. The number of rotatable bonds is 3. The molecule has 0 radical (unpaired) electrons. The van der Waals surface area contributed by atoms with E-state index in [9.17, 15) is 9.90 Å². The molecule has 0 saturated carbocycles. The van der Waals surface area contributed by atoms with Gasteiger partial charge in [0.2, 0.25) is 5.78 Å². The van der Waals surface area contributed by atoms with Crippen molar-refractivity contribution < 1.29 is 14.6 Å². The summed E-state index contributed by atoms with van der Waals surface area (Å²) in [6.45, 7) is 9.12. The number of aryl methyl sites for hydroxylation is 1. The molecule has 4 nitrogen and oxygen atoms in total. The molecule has 0 bridgehead atoms. The summed E-state index contributed by atoms with van der Waals surface area (Å²) in [6, 6.07) is 11.2. The molecule has 0 amide bonds. The zero-order valence-electron chi connectivity index (χ0n) is 16.7. The molecule has 146 valence electrons. The number of ketones is 1. The molecule has 28 heavy (non-hydrogen) atoms. The lowest BCUT2D eigenvalue weighted by atomic mass is 9.91. The van der Waals surface area contributed by atoms with Gasteiger partial charge in [-0.3, -0.25) is 9.69 Å². The van der Waals surface area contributed by atoms with Gasteiger partial charge in [0.1, 0.15) is 11.5 Å². The van der Waals surface area contributed by atoms with E-state index in [0.29, 0.717) is 41.0 Å². The average Bonchev–Trinajstić information content (AvgIpc) is 2.95. The molecule has 0 spiro atoms. The Morgan fingerprint density at radius 1 is 1.14 bits per heavy atom. The van der Waals surface area contributed by atoms with Gasteiger partial charge in [0, 0.05) is 19.6 Å². The molecule has 1 fully saturated rings. The van der Waals surface area contributed by atoms with E-state index in [4.69, 9.17) is 4.74 Å². The number of ether oxygens (including phenoxy) is 1. The monoisotopic (exact) mass is 377 g/mol. The summed E-state index contributed by atoms with van der Waals surface area (Å²) in [4.78, 5) is 15.2. The zero-order valence-corrected chi connectivity index (χ0v) is 16.7. The van der Waals surface area contributed by atoms with E-state index in [1.54, 1.807) is 18.2 Å². The molecule has 2 unspecified atom stereocenters. The van der Waals surface area contributed by atoms with E-state index in [1.165, 1.54) is 6.42 Å². The van der Waals surface area contributed by atoms with Crippen molar-refractivity contribution in [1.82, 2.24) is 4.90 Å². The normalized spacial score (nSPS) is 23.7. The molecular formula is C24H27NO3. The van der Waals surface area contributed by atoms with Gasteiger partial charge < -0.3 is 9.84 Å². The first-order chi connectivity index (χ1) is 13.4. The minimum Gasteiger partial charge on any atom is -0.507 e. The number of carbonyl (C=O) groups excluding carboxylic acids is 1. The topological polar surface area (TPSA) is 49.8 Å². The molecular weight excluding hydrogens is 350 g/mol. The first-order valence-corrected chi connectivity index (χ1v) is 9.99. The van der Waals surface area contributed by atoms with Gasteiger partial charge in [-0.15, -0.1) is 0 Å². The predicted octanol–water partition coefficient (Wildman–Crippen LogP) is 4.79. The Hall–Kier alpha value is -2.59. The van der Waals surface area contributed by atoms with Crippen LogP contribution in [0.25, 0.3) is 6.08 Å². The smallest absolute Gasteiger partial charge is 0.231 e. The Morgan fingerprint density at radius 3 is 2.57 bits per heavy atom. The Kier molecular flexibility index (Phi) is 4.98. The number of likely N-dealkylation sites (tertiary alicyclic amines) is 1. The molecule has 4 rings (SSSR count). The highest BCUT2D eigenvalue weighted by Gasteiger charge is 2.32. The first kappa shape index (κ1) is 18.8. The number of phenolic OH excluding ortho intramolecular Hbond substituents is 1. The van der Waals surface area contributed by atoms with Gasteiger partial charge in [0.25, 0.3) is 0 Å². The first-order valence-electron chi connectivity index (χ1n) is 9.99. The van der Waals surface area contributed by atoms with Crippen LogP contribution in [0.3, 0.4) is 0 Å². The van der Waals surface area contributed by atoms with Crippen LogP contribution >= 0.6 is 0 Å². The number of hydrogen-bond acceptors (Lipinski definition) is 4. The Bertz CT molecular complexity index is 937. The Labute approximate surface area is 166 Å². The summed E-state index contributed by atoms with van der Waals surface area (Å²) in [6.07, 6.45) is 3.03. The summed E-state index contributed by atoms with van der Waals surface area (Å²) in [5, 5.41) is 10.5. The molecule has 2 aromatic carbocycles. The largest absolute Gasteiger partial charge is 0.507 e. The third kappa shape index (κ3) is 3.57. The minimum atomic E-state index is -0.125. The number of Topliss-reactive ketones (excluding diaryl/α,β-unsaturated/α-hetero) is 1. The highest BCUT2D eigenvalue weighted by molar-refractivity contribution is 6.15. The maximum Gasteiger partial charge on any atom is 0.231 e. The molecule has 0 aliphatic carbocycles. The fourth-order valence-corrected chi connectivity index (χ4v) is 4.48. The highest BCUT2D eigenvalue weighted by atomic mass is 16.5. The highest BCUT2D eigenvalue weighted by Crippen LogP contribution is 2.40. The Morgan fingerprint density at radius 2 is 1.86 bits per heavy atom. The fraction of sp³-hybridized carbons (Fsp3) is 0.375. The van der Waals surface area contributed by atoms with Crippen LogP contribution in [0.15, 0.2) is 42.2 Å². The fourth-order valence-electron chi connectivity index (χ4n) is 4.48. The van der Waals surface area contributed by atoms with Crippen molar-refractivity contribution in [3.8, 4) is 11.5 Å². The van der Waals surface area contributed by atoms with E-state index in [-0.39, 0.29) is 11.5 Å². The van der Waals surface area contributed by atoms with Crippen molar-refractivity contribution >= 4 is 11.9 Å².